The Labute approximate surface area is 124 Å². The number of nitrogens with zero attached hydrogens (tertiary/aromatic N) is 2. The predicted molar refractivity (Wildman–Crippen MR) is 82.5 cm³/mol. The Bertz CT molecular complexity index is 620. The van der Waals surface area contributed by atoms with Crippen molar-refractivity contribution >= 4 is 22.6 Å². The lowest BCUT2D eigenvalue weighted by Gasteiger charge is -2.10. The summed E-state index contributed by atoms with van der Waals surface area (Å²) < 4.78 is 8.20. The number of hydrogen-bond acceptors (Lipinski definition) is 2. The number of rotatable bonds is 5. The van der Waals surface area contributed by atoms with Crippen LogP contribution < -0.4 is 4.74 Å². The summed E-state index contributed by atoms with van der Waals surface area (Å²) >= 11 is 6.10. The molecule has 0 aliphatic heterocycles. The minimum atomic E-state index is 0.148. The Morgan fingerprint density at radius 1 is 1.45 bits per heavy atom. The van der Waals surface area contributed by atoms with Crippen LogP contribution in [0.2, 0.25) is 0 Å². The molecule has 20 heavy (non-hydrogen) atoms. The molecule has 1 aromatic heterocycles. The Kier molecular flexibility index (Phi) is 3.63. The van der Waals surface area contributed by atoms with E-state index in [1.165, 1.54) is 12.8 Å². The maximum Gasteiger partial charge on any atom is 0.147 e. The molecule has 1 fully saturated rings. The Morgan fingerprint density at radius 3 is 2.85 bits per heavy atom. The van der Waals surface area contributed by atoms with E-state index in [0.717, 1.165) is 28.5 Å². The summed E-state index contributed by atoms with van der Waals surface area (Å²) in [5, 5.41) is 0. The third-order valence-electron chi connectivity index (χ3n) is 3.98. The van der Waals surface area contributed by atoms with Gasteiger partial charge in [-0.25, -0.2) is 4.98 Å². The zero-order valence-electron chi connectivity index (χ0n) is 12.3. The van der Waals surface area contributed by atoms with Crippen LogP contribution in [-0.2, 0) is 5.88 Å². The van der Waals surface area contributed by atoms with E-state index in [4.69, 9.17) is 21.3 Å². The quantitative estimate of drug-likeness (QED) is 0.757. The number of hydrogen-bond donors (Lipinski definition) is 0. The van der Waals surface area contributed by atoms with Crippen LogP contribution in [0.5, 0.6) is 5.75 Å². The van der Waals surface area contributed by atoms with Crippen molar-refractivity contribution < 1.29 is 4.74 Å². The van der Waals surface area contributed by atoms with Gasteiger partial charge in [-0.3, -0.25) is 0 Å². The van der Waals surface area contributed by atoms with E-state index in [-0.39, 0.29) is 6.10 Å². The fourth-order valence-corrected chi connectivity index (χ4v) is 3.13. The van der Waals surface area contributed by atoms with E-state index in [1.54, 1.807) is 0 Å². The van der Waals surface area contributed by atoms with Gasteiger partial charge < -0.3 is 9.30 Å². The van der Waals surface area contributed by atoms with Gasteiger partial charge in [0.05, 0.1) is 17.5 Å². The third kappa shape index (κ3) is 2.28. The summed E-state index contributed by atoms with van der Waals surface area (Å²) in [4.78, 5) is 4.72. The van der Waals surface area contributed by atoms with Crippen LogP contribution in [0.15, 0.2) is 18.2 Å². The molecule has 0 amide bonds. The van der Waals surface area contributed by atoms with Gasteiger partial charge in [0.15, 0.2) is 0 Å². The average Bonchev–Trinajstić information content (AvgIpc) is 3.10. The third-order valence-corrected chi connectivity index (χ3v) is 4.22. The van der Waals surface area contributed by atoms with Crippen molar-refractivity contribution in [3.63, 3.8) is 0 Å². The molecule has 0 saturated heterocycles. The molecular formula is C16H21ClN2O. The minimum absolute atomic E-state index is 0.148. The maximum absolute atomic E-state index is 6.10. The molecule has 0 N–H and O–H groups in total. The van der Waals surface area contributed by atoms with Crippen molar-refractivity contribution in [3.8, 4) is 5.75 Å². The van der Waals surface area contributed by atoms with Gasteiger partial charge in [-0.15, -0.1) is 11.6 Å². The van der Waals surface area contributed by atoms with Crippen molar-refractivity contribution in [2.45, 2.75) is 51.6 Å². The standard InChI is InChI=1S/C16H21ClN2O/c1-4-11-8-13(11)19-12-6-5-7-14(20-10(2)3)16(12)18-15(19)9-17/h5-7,10-11,13H,4,8-9H2,1-3H3. The van der Waals surface area contributed by atoms with E-state index >= 15 is 0 Å². The molecule has 0 bridgehead atoms. The first-order chi connectivity index (χ1) is 9.65. The normalized spacial score (nSPS) is 21.6. The largest absolute Gasteiger partial charge is 0.489 e. The summed E-state index contributed by atoms with van der Waals surface area (Å²) in [5.41, 5.74) is 2.10. The van der Waals surface area contributed by atoms with Gasteiger partial charge >= 0.3 is 0 Å². The lowest BCUT2D eigenvalue weighted by molar-refractivity contribution is 0.245. The number of halogens is 1. The second kappa shape index (κ2) is 5.28. The Balaban J connectivity index is 2.10. The van der Waals surface area contributed by atoms with Gasteiger partial charge in [-0.2, -0.15) is 0 Å². The molecular weight excluding hydrogens is 272 g/mol. The first-order valence-electron chi connectivity index (χ1n) is 7.38. The number of fused-ring (bicyclic) bond motifs is 1. The molecule has 108 valence electrons. The maximum atomic E-state index is 6.10. The van der Waals surface area contributed by atoms with Crippen molar-refractivity contribution in [2.24, 2.45) is 5.92 Å². The van der Waals surface area contributed by atoms with Gasteiger partial charge in [0, 0.05) is 6.04 Å². The van der Waals surface area contributed by atoms with Crippen LogP contribution in [0.1, 0.15) is 45.5 Å². The number of para-hydroxylation sites is 1. The lowest BCUT2D eigenvalue weighted by Crippen LogP contribution is -2.05. The van der Waals surface area contributed by atoms with Crippen molar-refractivity contribution in [1.29, 1.82) is 0 Å². The average molecular weight is 293 g/mol. The fourth-order valence-electron chi connectivity index (χ4n) is 2.94. The molecule has 3 rings (SSSR count). The predicted octanol–water partition coefficient (Wildman–Crippen LogP) is 4.53. The summed E-state index contributed by atoms with van der Waals surface area (Å²) in [7, 11) is 0. The number of ether oxygens (including phenoxy) is 1. The molecule has 3 nitrogen and oxygen atoms in total. The topological polar surface area (TPSA) is 27.1 Å². The van der Waals surface area contributed by atoms with E-state index in [2.05, 4.69) is 17.6 Å². The van der Waals surface area contributed by atoms with Crippen LogP contribution >= 0.6 is 11.6 Å². The van der Waals surface area contributed by atoms with Crippen LogP contribution in [0.4, 0.5) is 0 Å². The second-order valence-electron chi connectivity index (χ2n) is 5.79. The van der Waals surface area contributed by atoms with Gasteiger partial charge in [0.25, 0.3) is 0 Å². The smallest absolute Gasteiger partial charge is 0.147 e. The van der Waals surface area contributed by atoms with Crippen LogP contribution in [0.25, 0.3) is 11.0 Å². The molecule has 2 unspecified atom stereocenters. The summed E-state index contributed by atoms with van der Waals surface area (Å²) in [6.07, 6.45) is 2.60. The highest BCUT2D eigenvalue weighted by atomic mass is 35.5. The highest BCUT2D eigenvalue weighted by Crippen LogP contribution is 2.48. The first-order valence-corrected chi connectivity index (χ1v) is 7.91. The van der Waals surface area contributed by atoms with E-state index < -0.39 is 0 Å². The van der Waals surface area contributed by atoms with Crippen molar-refractivity contribution in [1.82, 2.24) is 9.55 Å². The van der Waals surface area contributed by atoms with Gasteiger partial charge in [0.2, 0.25) is 0 Å². The van der Waals surface area contributed by atoms with E-state index in [1.807, 2.05) is 26.0 Å². The Morgan fingerprint density at radius 2 is 2.25 bits per heavy atom. The molecule has 1 aliphatic carbocycles. The number of aromatic nitrogens is 2. The summed E-state index contributed by atoms with van der Waals surface area (Å²) in [6, 6.07) is 6.71. The van der Waals surface area contributed by atoms with Crippen LogP contribution in [0, 0.1) is 5.92 Å². The molecule has 0 spiro atoms. The van der Waals surface area contributed by atoms with E-state index in [9.17, 15) is 0 Å². The van der Waals surface area contributed by atoms with E-state index in [0.29, 0.717) is 11.9 Å². The van der Waals surface area contributed by atoms with Crippen molar-refractivity contribution in [3.05, 3.63) is 24.0 Å². The Hall–Kier alpha value is -1.22. The number of imidazole rings is 1. The minimum Gasteiger partial charge on any atom is -0.489 e. The van der Waals surface area contributed by atoms with Crippen molar-refractivity contribution in [2.75, 3.05) is 0 Å². The van der Waals surface area contributed by atoms with Crippen LogP contribution in [0.3, 0.4) is 0 Å². The molecule has 1 saturated carbocycles. The molecule has 0 radical (unpaired) electrons. The summed E-state index contributed by atoms with van der Waals surface area (Å²) in [5.74, 6) is 3.03. The zero-order chi connectivity index (χ0) is 14.3. The highest BCUT2D eigenvalue weighted by Gasteiger charge is 2.39. The van der Waals surface area contributed by atoms with Crippen LogP contribution in [-0.4, -0.2) is 15.7 Å². The highest BCUT2D eigenvalue weighted by molar-refractivity contribution is 6.16. The van der Waals surface area contributed by atoms with Gasteiger partial charge in [-0.05, 0) is 38.3 Å². The summed E-state index contributed by atoms with van der Waals surface area (Å²) in [6.45, 7) is 6.32. The molecule has 2 aromatic rings. The molecule has 2 atom stereocenters. The fraction of sp³-hybridized carbons (Fsp3) is 0.562. The number of benzene rings is 1. The molecule has 4 heteroatoms. The molecule has 1 aromatic carbocycles. The molecule has 1 aliphatic rings. The first kappa shape index (κ1) is 13.7. The monoisotopic (exact) mass is 292 g/mol. The molecule has 1 heterocycles. The number of alkyl halides is 1. The van der Waals surface area contributed by atoms with Gasteiger partial charge in [0.1, 0.15) is 17.1 Å². The second-order valence-corrected chi connectivity index (χ2v) is 6.06. The SMILES string of the molecule is CCC1CC1n1c(CCl)nc2c(OC(C)C)cccc21. The lowest BCUT2D eigenvalue weighted by atomic mass is 10.2. The van der Waals surface area contributed by atoms with Gasteiger partial charge in [-0.1, -0.05) is 19.4 Å². The zero-order valence-corrected chi connectivity index (χ0v) is 13.0.